The van der Waals surface area contributed by atoms with E-state index >= 15 is 0 Å². The number of amides is 1. The molecule has 3 rings (SSSR count). The molecule has 2 aromatic rings. The van der Waals surface area contributed by atoms with Gasteiger partial charge in [0.25, 0.3) is 0 Å². The van der Waals surface area contributed by atoms with Gasteiger partial charge in [0.05, 0.1) is 19.3 Å². The van der Waals surface area contributed by atoms with Gasteiger partial charge >= 0.3 is 5.97 Å². The predicted molar refractivity (Wildman–Crippen MR) is 92.5 cm³/mol. The van der Waals surface area contributed by atoms with Crippen LogP contribution in [-0.2, 0) is 20.7 Å². The first-order valence-electron chi connectivity index (χ1n) is 8.34. The zero-order chi connectivity index (χ0) is 18.2. The standard InChI is InChI=1S/C19H23NO5/c1-12-4-5-15-14(9-25-17(15)13(12)2)8-16(21)20-7-6-19(10-20,11-24-3)18(22)23/h4-5,9H,6-8,10-11H2,1-3H3,(H,22,23). The number of aliphatic carboxylic acids is 1. The molecule has 25 heavy (non-hydrogen) atoms. The molecular weight excluding hydrogens is 322 g/mol. The largest absolute Gasteiger partial charge is 0.481 e. The van der Waals surface area contributed by atoms with Crippen LogP contribution in [0.5, 0.6) is 0 Å². The van der Waals surface area contributed by atoms with Gasteiger partial charge in [-0.1, -0.05) is 12.1 Å². The monoisotopic (exact) mass is 345 g/mol. The van der Waals surface area contributed by atoms with Gasteiger partial charge in [0.15, 0.2) is 0 Å². The number of methoxy groups -OCH3 is 1. The number of hydrogen-bond acceptors (Lipinski definition) is 4. The van der Waals surface area contributed by atoms with Crippen molar-refractivity contribution in [1.82, 2.24) is 4.90 Å². The average molecular weight is 345 g/mol. The first-order valence-corrected chi connectivity index (χ1v) is 8.34. The summed E-state index contributed by atoms with van der Waals surface area (Å²) in [7, 11) is 1.48. The summed E-state index contributed by atoms with van der Waals surface area (Å²) >= 11 is 0. The van der Waals surface area contributed by atoms with Gasteiger partial charge in [-0.15, -0.1) is 0 Å². The molecule has 1 atom stereocenters. The summed E-state index contributed by atoms with van der Waals surface area (Å²) in [6, 6.07) is 3.99. The second-order valence-corrected chi connectivity index (χ2v) is 6.91. The molecule has 0 bridgehead atoms. The number of fused-ring (bicyclic) bond motifs is 1. The summed E-state index contributed by atoms with van der Waals surface area (Å²) in [6.07, 6.45) is 2.25. The van der Waals surface area contributed by atoms with Crippen molar-refractivity contribution in [2.24, 2.45) is 5.41 Å². The number of carboxylic acid groups (broad SMARTS) is 1. The van der Waals surface area contributed by atoms with Crippen LogP contribution in [0.15, 0.2) is 22.8 Å². The Hall–Kier alpha value is -2.34. The highest BCUT2D eigenvalue weighted by molar-refractivity contribution is 5.90. The number of benzene rings is 1. The van der Waals surface area contributed by atoms with Gasteiger partial charge in [0, 0.05) is 31.1 Å². The summed E-state index contributed by atoms with van der Waals surface area (Å²) < 4.78 is 10.7. The number of hydrogen-bond donors (Lipinski definition) is 1. The smallest absolute Gasteiger partial charge is 0.313 e. The van der Waals surface area contributed by atoms with E-state index in [0.29, 0.717) is 13.0 Å². The Labute approximate surface area is 146 Å². The van der Waals surface area contributed by atoms with Crippen molar-refractivity contribution < 1.29 is 23.8 Å². The maximum absolute atomic E-state index is 12.7. The number of carbonyl (C=O) groups is 2. The number of nitrogens with zero attached hydrogens (tertiary/aromatic N) is 1. The predicted octanol–water partition coefficient (Wildman–Crippen LogP) is 2.54. The van der Waals surface area contributed by atoms with Crippen LogP contribution >= 0.6 is 0 Å². The molecule has 1 aromatic carbocycles. The van der Waals surface area contributed by atoms with Crippen molar-refractivity contribution in [2.45, 2.75) is 26.7 Å². The topological polar surface area (TPSA) is 80.0 Å². The molecule has 1 saturated heterocycles. The quantitative estimate of drug-likeness (QED) is 0.901. The average Bonchev–Trinajstić information content (AvgIpc) is 3.17. The van der Waals surface area contributed by atoms with E-state index in [1.807, 2.05) is 26.0 Å². The van der Waals surface area contributed by atoms with E-state index in [1.165, 1.54) is 7.11 Å². The molecule has 1 aliphatic rings. The first kappa shape index (κ1) is 17.5. The van der Waals surface area contributed by atoms with Gasteiger partial charge in [-0.2, -0.15) is 0 Å². The Kier molecular flexibility index (Phi) is 4.56. The molecule has 134 valence electrons. The van der Waals surface area contributed by atoms with Gasteiger partial charge in [-0.25, -0.2) is 0 Å². The molecule has 2 heterocycles. The van der Waals surface area contributed by atoms with Crippen LogP contribution in [0.3, 0.4) is 0 Å². The summed E-state index contributed by atoms with van der Waals surface area (Å²) in [5, 5.41) is 10.5. The number of ether oxygens (including phenoxy) is 1. The normalized spacial score (nSPS) is 20.4. The molecule has 1 N–H and O–H groups in total. The van der Waals surface area contributed by atoms with Crippen molar-refractivity contribution in [2.75, 3.05) is 26.8 Å². The maximum Gasteiger partial charge on any atom is 0.313 e. The third kappa shape index (κ3) is 3.02. The Balaban J connectivity index is 1.78. The second-order valence-electron chi connectivity index (χ2n) is 6.91. The van der Waals surface area contributed by atoms with Crippen LogP contribution in [0.1, 0.15) is 23.1 Å². The van der Waals surface area contributed by atoms with E-state index in [9.17, 15) is 14.7 Å². The number of likely N-dealkylation sites (tertiary alicyclic amines) is 1. The number of carboxylic acids is 1. The fourth-order valence-electron chi connectivity index (χ4n) is 3.52. The Morgan fingerprint density at radius 2 is 2.12 bits per heavy atom. The molecule has 6 heteroatoms. The van der Waals surface area contributed by atoms with Crippen LogP contribution in [0.25, 0.3) is 11.0 Å². The van der Waals surface area contributed by atoms with E-state index in [0.717, 1.165) is 27.7 Å². The van der Waals surface area contributed by atoms with Crippen LogP contribution in [0.4, 0.5) is 0 Å². The number of rotatable bonds is 5. The minimum absolute atomic E-state index is 0.0832. The highest BCUT2D eigenvalue weighted by Gasteiger charge is 2.46. The van der Waals surface area contributed by atoms with E-state index in [-0.39, 0.29) is 25.5 Å². The molecule has 1 unspecified atom stereocenters. The SMILES string of the molecule is COCC1(C(=O)O)CCN(C(=O)Cc2coc3c(C)c(C)ccc23)C1. The highest BCUT2D eigenvalue weighted by Crippen LogP contribution is 2.32. The third-order valence-corrected chi connectivity index (χ3v) is 5.26. The van der Waals surface area contributed by atoms with Crippen LogP contribution in [0, 0.1) is 19.3 Å². The van der Waals surface area contributed by atoms with E-state index in [1.54, 1.807) is 11.2 Å². The van der Waals surface area contributed by atoms with Gasteiger partial charge in [0.2, 0.25) is 5.91 Å². The Morgan fingerprint density at radius 1 is 1.36 bits per heavy atom. The molecule has 0 aliphatic carbocycles. The lowest BCUT2D eigenvalue weighted by atomic mass is 9.88. The number of carbonyl (C=O) groups excluding carboxylic acids is 1. The minimum atomic E-state index is -1.00. The van der Waals surface area contributed by atoms with Gasteiger partial charge in [-0.3, -0.25) is 9.59 Å². The van der Waals surface area contributed by atoms with Crippen molar-refractivity contribution in [3.63, 3.8) is 0 Å². The van der Waals surface area contributed by atoms with Gasteiger partial charge < -0.3 is 19.2 Å². The molecule has 0 spiro atoms. The van der Waals surface area contributed by atoms with Crippen molar-refractivity contribution in [1.29, 1.82) is 0 Å². The first-order chi connectivity index (χ1) is 11.9. The molecule has 1 amide bonds. The fraction of sp³-hybridized carbons (Fsp3) is 0.474. The van der Waals surface area contributed by atoms with E-state index < -0.39 is 11.4 Å². The summed E-state index contributed by atoms with van der Waals surface area (Å²) in [5.41, 5.74) is 2.86. The summed E-state index contributed by atoms with van der Waals surface area (Å²) in [5.74, 6) is -0.996. The van der Waals surface area contributed by atoms with Crippen molar-refractivity contribution >= 4 is 22.8 Å². The zero-order valence-corrected chi connectivity index (χ0v) is 14.8. The number of aryl methyl sites for hydroxylation is 2. The van der Waals surface area contributed by atoms with Gasteiger partial charge in [0.1, 0.15) is 11.0 Å². The summed E-state index contributed by atoms with van der Waals surface area (Å²) in [4.78, 5) is 25.9. The Morgan fingerprint density at radius 3 is 2.80 bits per heavy atom. The molecule has 1 aromatic heterocycles. The van der Waals surface area contributed by atoms with Crippen molar-refractivity contribution in [3.8, 4) is 0 Å². The maximum atomic E-state index is 12.7. The summed E-state index contributed by atoms with van der Waals surface area (Å²) in [6.45, 7) is 4.75. The van der Waals surface area contributed by atoms with Crippen LogP contribution in [-0.4, -0.2) is 48.7 Å². The lowest BCUT2D eigenvalue weighted by Crippen LogP contribution is -2.40. The van der Waals surface area contributed by atoms with Crippen LogP contribution in [0.2, 0.25) is 0 Å². The molecule has 6 nitrogen and oxygen atoms in total. The molecule has 0 saturated carbocycles. The van der Waals surface area contributed by atoms with E-state index in [4.69, 9.17) is 9.15 Å². The second kappa shape index (κ2) is 6.52. The molecular formula is C19H23NO5. The molecule has 1 aliphatic heterocycles. The van der Waals surface area contributed by atoms with Crippen LogP contribution < -0.4 is 0 Å². The van der Waals surface area contributed by atoms with E-state index in [2.05, 4.69) is 0 Å². The fourth-order valence-corrected chi connectivity index (χ4v) is 3.52. The lowest BCUT2D eigenvalue weighted by Gasteiger charge is -2.23. The van der Waals surface area contributed by atoms with Crippen molar-refractivity contribution in [3.05, 3.63) is 35.1 Å². The highest BCUT2D eigenvalue weighted by atomic mass is 16.5. The number of furan rings is 1. The minimum Gasteiger partial charge on any atom is -0.481 e. The Bertz CT molecular complexity index is 825. The van der Waals surface area contributed by atoms with Gasteiger partial charge in [-0.05, 0) is 31.4 Å². The third-order valence-electron chi connectivity index (χ3n) is 5.26. The lowest BCUT2D eigenvalue weighted by molar-refractivity contribution is -0.151. The zero-order valence-electron chi connectivity index (χ0n) is 14.8. The molecule has 1 fully saturated rings. The molecule has 0 radical (unpaired) electrons.